The van der Waals surface area contributed by atoms with E-state index in [2.05, 4.69) is 10.1 Å². The summed E-state index contributed by atoms with van der Waals surface area (Å²) in [6.07, 6.45) is 2.97. The highest BCUT2D eigenvalue weighted by molar-refractivity contribution is 6.32. The lowest BCUT2D eigenvalue weighted by Gasteiger charge is -2.29. The van der Waals surface area contributed by atoms with Gasteiger partial charge in [-0.05, 0) is 37.8 Å². The maximum absolute atomic E-state index is 11.5. The predicted molar refractivity (Wildman–Crippen MR) is 83.0 cm³/mol. The van der Waals surface area contributed by atoms with E-state index in [4.69, 9.17) is 21.6 Å². The number of esters is 1. The smallest absolute Gasteiger partial charge is 0.396 e. The van der Waals surface area contributed by atoms with Crippen molar-refractivity contribution in [2.24, 2.45) is 0 Å². The number of benzene rings is 1. The Morgan fingerprint density at radius 2 is 2.00 bits per heavy atom. The first-order valence-electron chi connectivity index (χ1n) is 7.28. The van der Waals surface area contributed by atoms with E-state index in [-0.39, 0.29) is 12.1 Å². The normalized spacial score (nSPS) is 20.2. The van der Waals surface area contributed by atoms with Crippen LogP contribution in [0.2, 0.25) is 5.02 Å². The van der Waals surface area contributed by atoms with Crippen molar-refractivity contribution in [3.8, 4) is 11.8 Å². The fourth-order valence-electron chi connectivity index (χ4n) is 2.51. The molecule has 23 heavy (non-hydrogen) atoms. The topological polar surface area (TPSA) is 88.4 Å². The Morgan fingerprint density at radius 1 is 1.30 bits per heavy atom. The number of carbonyl (C=O) groups excluding carboxylic acids is 2. The van der Waals surface area contributed by atoms with Crippen LogP contribution in [0.4, 0.5) is 0 Å². The average molecular weight is 337 g/mol. The zero-order chi connectivity index (χ0) is 16.8. The molecule has 1 aliphatic rings. The van der Waals surface area contributed by atoms with Crippen molar-refractivity contribution in [2.45, 2.75) is 37.8 Å². The number of halogens is 1. The van der Waals surface area contributed by atoms with Crippen molar-refractivity contribution < 1.29 is 19.1 Å². The van der Waals surface area contributed by atoms with Crippen LogP contribution in [-0.4, -0.2) is 31.1 Å². The van der Waals surface area contributed by atoms with E-state index in [1.807, 2.05) is 6.07 Å². The zero-order valence-electron chi connectivity index (χ0n) is 12.7. The van der Waals surface area contributed by atoms with E-state index in [9.17, 15) is 9.59 Å². The summed E-state index contributed by atoms with van der Waals surface area (Å²) in [5.41, 5.74) is 0.410. The Labute approximate surface area is 139 Å². The number of hydrogen-bond acceptors (Lipinski definition) is 5. The summed E-state index contributed by atoms with van der Waals surface area (Å²) in [6, 6.07) is 6.92. The van der Waals surface area contributed by atoms with Gasteiger partial charge in [-0.3, -0.25) is 4.79 Å². The van der Waals surface area contributed by atoms with Gasteiger partial charge < -0.3 is 14.8 Å². The summed E-state index contributed by atoms with van der Waals surface area (Å²) in [7, 11) is 1.18. The molecular weight excluding hydrogens is 320 g/mol. The lowest BCUT2D eigenvalue weighted by Crippen LogP contribution is -2.43. The quantitative estimate of drug-likeness (QED) is 0.675. The second-order valence-electron chi connectivity index (χ2n) is 5.31. The molecule has 1 saturated carbocycles. The summed E-state index contributed by atoms with van der Waals surface area (Å²) in [5.74, 6) is -0.970. The van der Waals surface area contributed by atoms with E-state index in [1.54, 1.807) is 18.2 Å². The predicted octanol–water partition coefficient (Wildman–Crippen LogP) is 2.19. The minimum Gasteiger partial charge on any atom is -0.490 e. The van der Waals surface area contributed by atoms with Gasteiger partial charge in [0.1, 0.15) is 11.8 Å². The van der Waals surface area contributed by atoms with Gasteiger partial charge in [0.05, 0.1) is 23.8 Å². The van der Waals surface area contributed by atoms with Crippen LogP contribution in [0.5, 0.6) is 5.75 Å². The Hall–Kier alpha value is -2.26. The summed E-state index contributed by atoms with van der Waals surface area (Å²) in [4.78, 5) is 22.5. The lowest BCUT2D eigenvalue weighted by atomic mass is 9.93. The van der Waals surface area contributed by atoms with Crippen LogP contribution in [0.1, 0.15) is 31.2 Å². The van der Waals surface area contributed by atoms with Gasteiger partial charge in [0.15, 0.2) is 0 Å². The Morgan fingerprint density at radius 3 is 2.57 bits per heavy atom. The first-order valence-corrected chi connectivity index (χ1v) is 7.66. The molecule has 0 radical (unpaired) electrons. The molecule has 1 N–H and O–H groups in total. The number of methoxy groups -OCH3 is 1. The SMILES string of the molecule is COC(=O)C(=O)N[C@H]1CC[C@H](Oc2ccc(C#N)c(Cl)c2)CC1. The molecule has 7 heteroatoms. The number of ether oxygens (including phenoxy) is 2. The van der Waals surface area contributed by atoms with Crippen LogP contribution < -0.4 is 10.1 Å². The molecule has 6 nitrogen and oxygen atoms in total. The molecule has 122 valence electrons. The van der Waals surface area contributed by atoms with Gasteiger partial charge in [0.2, 0.25) is 0 Å². The van der Waals surface area contributed by atoms with Gasteiger partial charge >= 0.3 is 11.9 Å². The van der Waals surface area contributed by atoms with E-state index in [0.717, 1.165) is 25.7 Å². The number of hydrogen-bond donors (Lipinski definition) is 1. The van der Waals surface area contributed by atoms with Crippen LogP contribution in [0.15, 0.2) is 18.2 Å². The van der Waals surface area contributed by atoms with Crippen molar-refractivity contribution in [2.75, 3.05) is 7.11 Å². The van der Waals surface area contributed by atoms with E-state index in [1.165, 1.54) is 7.11 Å². The van der Waals surface area contributed by atoms with Crippen molar-refractivity contribution in [1.82, 2.24) is 5.32 Å². The monoisotopic (exact) mass is 336 g/mol. The number of carbonyl (C=O) groups is 2. The van der Waals surface area contributed by atoms with E-state index < -0.39 is 11.9 Å². The highest BCUT2D eigenvalue weighted by atomic mass is 35.5. The van der Waals surface area contributed by atoms with E-state index >= 15 is 0 Å². The third kappa shape index (κ3) is 4.60. The molecule has 0 unspecified atom stereocenters. The zero-order valence-corrected chi connectivity index (χ0v) is 13.4. The fraction of sp³-hybridized carbons (Fsp3) is 0.438. The first-order chi connectivity index (χ1) is 11.0. The minimum absolute atomic E-state index is 0.0188. The molecule has 2 rings (SSSR count). The van der Waals surface area contributed by atoms with Crippen LogP contribution in [-0.2, 0) is 14.3 Å². The molecule has 0 aromatic heterocycles. The van der Waals surface area contributed by atoms with Crippen molar-refractivity contribution in [3.05, 3.63) is 28.8 Å². The number of nitrogens with zero attached hydrogens (tertiary/aromatic N) is 1. The largest absolute Gasteiger partial charge is 0.490 e. The van der Waals surface area contributed by atoms with Crippen molar-refractivity contribution in [1.29, 1.82) is 5.26 Å². The van der Waals surface area contributed by atoms with Gasteiger partial charge in [-0.15, -0.1) is 0 Å². The summed E-state index contributed by atoms with van der Waals surface area (Å²) in [6.45, 7) is 0. The minimum atomic E-state index is -0.879. The molecule has 0 spiro atoms. The van der Waals surface area contributed by atoms with Crippen LogP contribution in [0.25, 0.3) is 0 Å². The van der Waals surface area contributed by atoms with Crippen LogP contribution in [0, 0.1) is 11.3 Å². The van der Waals surface area contributed by atoms with Crippen LogP contribution in [0.3, 0.4) is 0 Å². The molecule has 1 aliphatic carbocycles. The van der Waals surface area contributed by atoms with Gasteiger partial charge in [-0.25, -0.2) is 4.79 Å². The summed E-state index contributed by atoms with van der Waals surface area (Å²) < 4.78 is 10.2. The Balaban J connectivity index is 1.83. The summed E-state index contributed by atoms with van der Waals surface area (Å²) >= 11 is 5.98. The molecule has 0 bridgehead atoms. The standard InChI is InChI=1S/C16H17ClN2O4/c1-22-16(21)15(20)19-11-3-6-12(7-4-11)23-13-5-2-10(9-18)14(17)8-13/h2,5,8,11-12H,3-4,6-7H2,1H3,(H,19,20)/t11-,12-. The lowest BCUT2D eigenvalue weighted by molar-refractivity contribution is -0.153. The fourth-order valence-corrected chi connectivity index (χ4v) is 2.73. The van der Waals surface area contributed by atoms with Gasteiger partial charge in [-0.1, -0.05) is 11.6 Å². The van der Waals surface area contributed by atoms with E-state index in [0.29, 0.717) is 16.3 Å². The number of amides is 1. The molecule has 1 aromatic rings. The van der Waals surface area contributed by atoms with Gasteiger partial charge in [0.25, 0.3) is 0 Å². The number of rotatable bonds is 3. The molecular formula is C16H17ClN2O4. The van der Waals surface area contributed by atoms with Gasteiger partial charge in [-0.2, -0.15) is 5.26 Å². The van der Waals surface area contributed by atoms with Crippen LogP contribution >= 0.6 is 11.6 Å². The maximum Gasteiger partial charge on any atom is 0.396 e. The van der Waals surface area contributed by atoms with Crippen molar-refractivity contribution >= 4 is 23.5 Å². The highest BCUT2D eigenvalue weighted by Gasteiger charge is 2.26. The maximum atomic E-state index is 11.5. The first kappa shape index (κ1) is 17.1. The molecule has 0 saturated heterocycles. The molecule has 0 atom stereocenters. The third-order valence-corrected chi connectivity index (χ3v) is 4.06. The molecule has 1 fully saturated rings. The Bertz CT molecular complexity index is 633. The average Bonchev–Trinajstić information content (AvgIpc) is 2.56. The number of nitriles is 1. The third-order valence-electron chi connectivity index (χ3n) is 3.74. The molecule has 1 amide bonds. The molecule has 0 aliphatic heterocycles. The van der Waals surface area contributed by atoms with Crippen molar-refractivity contribution in [3.63, 3.8) is 0 Å². The second kappa shape index (κ2) is 7.84. The van der Waals surface area contributed by atoms with Gasteiger partial charge in [0, 0.05) is 12.1 Å². The Kier molecular flexibility index (Phi) is 5.83. The number of nitrogens with one attached hydrogen (secondary N) is 1. The molecule has 1 aromatic carbocycles. The second-order valence-corrected chi connectivity index (χ2v) is 5.72. The molecule has 0 heterocycles. The highest BCUT2D eigenvalue weighted by Crippen LogP contribution is 2.27. The summed E-state index contributed by atoms with van der Waals surface area (Å²) in [5, 5.41) is 11.9.